The minimum atomic E-state index is 0.0831. The third-order valence-corrected chi connectivity index (χ3v) is 7.08. The highest BCUT2D eigenvalue weighted by molar-refractivity contribution is 7.10. The smallest absolute Gasteiger partial charge is 0.191 e. The van der Waals surface area contributed by atoms with Gasteiger partial charge in [0.15, 0.2) is 5.96 Å². The van der Waals surface area contributed by atoms with Gasteiger partial charge in [0.2, 0.25) is 0 Å². The zero-order valence-electron chi connectivity index (χ0n) is 16.2. The molecule has 2 unspecified atom stereocenters. The molecule has 25 heavy (non-hydrogen) atoms. The van der Waals surface area contributed by atoms with Crippen molar-refractivity contribution in [3.05, 3.63) is 22.4 Å². The van der Waals surface area contributed by atoms with Gasteiger partial charge in [-0.05, 0) is 51.1 Å². The van der Waals surface area contributed by atoms with Crippen LogP contribution in [-0.4, -0.2) is 49.1 Å². The van der Waals surface area contributed by atoms with Gasteiger partial charge in [0.1, 0.15) is 0 Å². The van der Waals surface area contributed by atoms with E-state index in [0.29, 0.717) is 6.04 Å². The number of guanidine groups is 1. The number of piperidine rings is 2. The van der Waals surface area contributed by atoms with Crippen molar-refractivity contribution >= 4 is 17.3 Å². The van der Waals surface area contributed by atoms with Crippen molar-refractivity contribution in [3.63, 3.8) is 0 Å². The van der Waals surface area contributed by atoms with Crippen molar-refractivity contribution < 1.29 is 0 Å². The van der Waals surface area contributed by atoms with E-state index >= 15 is 0 Å². The normalized spacial score (nSPS) is 28.0. The number of aliphatic imine (C=N–C) groups is 1. The fourth-order valence-corrected chi connectivity index (χ4v) is 5.11. The van der Waals surface area contributed by atoms with E-state index in [-0.39, 0.29) is 5.41 Å². The molecule has 2 fully saturated rings. The van der Waals surface area contributed by atoms with Crippen molar-refractivity contribution in [2.75, 3.05) is 20.1 Å². The summed E-state index contributed by atoms with van der Waals surface area (Å²) >= 11 is 1.83. The van der Waals surface area contributed by atoms with Crippen molar-refractivity contribution in [2.24, 2.45) is 4.99 Å². The van der Waals surface area contributed by atoms with E-state index in [1.165, 1.54) is 37.0 Å². The monoisotopic (exact) mass is 362 g/mol. The van der Waals surface area contributed by atoms with E-state index in [0.717, 1.165) is 31.1 Å². The number of hydrogen-bond donors (Lipinski definition) is 2. The molecule has 1 aromatic rings. The highest BCUT2D eigenvalue weighted by atomic mass is 32.1. The summed E-state index contributed by atoms with van der Waals surface area (Å²) < 4.78 is 0. The largest absolute Gasteiger partial charge is 0.357 e. The van der Waals surface area contributed by atoms with Crippen LogP contribution in [0, 0.1) is 0 Å². The molecule has 0 saturated carbocycles. The van der Waals surface area contributed by atoms with E-state index < -0.39 is 0 Å². The van der Waals surface area contributed by atoms with Crippen molar-refractivity contribution in [1.29, 1.82) is 0 Å². The molecule has 0 spiro atoms. The van der Waals surface area contributed by atoms with Crippen LogP contribution in [0.3, 0.4) is 0 Å². The molecule has 2 aliphatic heterocycles. The first-order chi connectivity index (χ1) is 12.0. The van der Waals surface area contributed by atoms with Crippen LogP contribution in [0.5, 0.6) is 0 Å². The van der Waals surface area contributed by atoms with Gasteiger partial charge in [0, 0.05) is 35.0 Å². The van der Waals surface area contributed by atoms with Gasteiger partial charge in [-0.25, -0.2) is 0 Å². The summed E-state index contributed by atoms with van der Waals surface area (Å²) in [6.45, 7) is 8.43. The maximum atomic E-state index is 4.94. The molecule has 3 heterocycles. The highest BCUT2D eigenvalue weighted by Gasteiger charge is 2.36. The zero-order chi connectivity index (χ0) is 17.9. The topological polar surface area (TPSA) is 39.7 Å². The second kappa shape index (κ2) is 8.09. The fraction of sp³-hybridized carbons (Fsp3) is 0.750. The second-order valence-electron chi connectivity index (χ2n) is 8.27. The Hall–Kier alpha value is -1.07. The summed E-state index contributed by atoms with van der Waals surface area (Å²) in [6.07, 6.45) is 6.58. The van der Waals surface area contributed by atoms with Crippen molar-refractivity contribution in [2.45, 2.75) is 76.4 Å². The molecule has 5 heteroatoms. The van der Waals surface area contributed by atoms with Gasteiger partial charge in [0.05, 0.1) is 6.54 Å². The van der Waals surface area contributed by atoms with E-state index in [9.17, 15) is 0 Å². The fourth-order valence-electron chi connectivity index (χ4n) is 4.27. The number of hydrogen-bond acceptors (Lipinski definition) is 3. The minimum absolute atomic E-state index is 0.0831. The third kappa shape index (κ3) is 4.56. The molecule has 2 N–H and O–H groups in total. The lowest BCUT2D eigenvalue weighted by atomic mass is 9.82. The molecule has 2 saturated heterocycles. The molecule has 0 aromatic carbocycles. The van der Waals surface area contributed by atoms with Crippen LogP contribution in [0.2, 0.25) is 0 Å². The maximum Gasteiger partial charge on any atom is 0.191 e. The molecule has 0 aliphatic carbocycles. The van der Waals surface area contributed by atoms with E-state index in [1.807, 2.05) is 11.3 Å². The number of fused-ring (bicyclic) bond motifs is 2. The summed E-state index contributed by atoms with van der Waals surface area (Å²) in [5.74, 6) is 0.986. The molecule has 2 aliphatic rings. The number of thiophene rings is 1. The quantitative estimate of drug-likeness (QED) is 0.621. The van der Waals surface area contributed by atoms with Crippen LogP contribution >= 0.6 is 11.3 Å². The predicted octanol–water partition coefficient (Wildman–Crippen LogP) is 3.60. The van der Waals surface area contributed by atoms with Gasteiger partial charge in [-0.3, -0.25) is 4.99 Å². The zero-order valence-corrected chi connectivity index (χ0v) is 17.0. The lowest BCUT2D eigenvalue weighted by molar-refractivity contribution is 0.0526. The molecule has 2 atom stereocenters. The molecular formula is C20H34N4S. The Morgan fingerprint density at radius 3 is 2.64 bits per heavy atom. The lowest BCUT2D eigenvalue weighted by Crippen LogP contribution is -2.56. The summed E-state index contributed by atoms with van der Waals surface area (Å²) in [7, 11) is 2.31. The van der Waals surface area contributed by atoms with Gasteiger partial charge in [0.25, 0.3) is 0 Å². The minimum Gasteiger partial charge on any atom is -0.357 e. The van der Waals surface area contributed by atoms with Gasteiger partial charge in [-0.15, -0.1) is 11.3 Å². The molecule has 3 rings (SSSR count). The Labute approximate surface area is 157 Å². The molecule has 0 amide bonds. The average molecular weight is 363 g/mol. The summed E-state index contributed by atoms with van der Waals surface area (Å²) in [6, 6.07) is 6.39. The van der Waals surface area contributed by atoms with Crippen LogP contribution in [0.15, 0.2) is 22.5 Å². The van der Waals surface area contributed by atoms with Crippen LogP contribution < -0.4 is 10.6 Å². The Morgan fingerprint density at radius 2 is 2.04 bits per heavy atom. The Balaban J connectivity index is 1.63. The van der Waals surface area contributed by atoms with Gasteiger partial charge >= 0.3 is 0 Å². The summed E-state index contributed by atoms with van der Waals surface area (Å²) in [5, 5.41) is 9.35. The molecule has 2 bridgehead atoms. The van der Waals surface area contributed by atoms with Crippen LogP contribution in [0.25, 0.3) is 0 Å². The molecule has 1 aromatic heterocycles. The standard InChI is InChI=1S/C20H34N4S/c1-5-21-19(22-14-20(2,3)18-10-7-11-25-18)23-15-12-16-8-6-9-17(13-15)24(16)4/h7,10-11,15-17H,5-6,8-9,12-14H2,1-4H3,(H2,21,22,23). The van der Waals surface area contributed by atoms with Crippen LogP contribution in [-0.2, 0) is 5.41 Å². The predicted molar refractivity (Wildman–Crippen MR) is 109 cm³/mol. The number of nitrogens with one attached hydrogen (secondary N) is 2. The van der Waals surface area contributed by atoms with E-state index in [2.05, 4.69) is 60.9 Å². The first-order valence-electron chi connectivity index (χ1n) is 9.80. The number of rotatable bonds is 5. The van der Waals surface area contributed by atoms with Crippen molar-refractivity contribution in [1.82, 2.24) is 15.5 Å². The Bertz CT molecular complexity index is 552. The highest BCUT2D eigenvalue weighted by Crippen LogP contribution is 2.32. The SMILES string of the molecule is CCNC(=NCC(C)(C)c1cccs1)NC1CC2CCCC(C1)N2C. The maximum absolute atomic E-state index is 4.94. The first kappa shape index (κ1) is 18.7. The Kier molecular flexibility index (Phi) is 6.05. The first-order valence-corrected chi connectivity index (χ1v) is 10.7. The number of nitrogens with zero attached hydrogens (tertiary/aromatic N) is 2. The Morgan fingerprint density at radius 1 is 1.32 bits per heavy atom. The second-order valence-corrected chi connectivity index (χ2v) is 9.22. The van der Waals surface area contributed by atoms with Crippen LogP contribution in [0.1, 0.15) is 57.8 Å². The summed E-state index contributed by atoms with van der Waals surface area (Å²) in [4.78, 5) is 8.96. The third-order valence-electron chi connectivity index (χ3n) is 5.85. The van der Waals surface area contributed by atoms with Gasteiger partial charge < -0.3 is 15.5 Å². The van der Waals surface area contributed by atoms with E-state index in [4.69, 9.17) is 4.99 Å². The van der Waals surface area contributed by atoms with Crippen LogP contribution in [0.4, 0.5) is 0 Å². The molecule has 0 radical (unpaired) electrons. The van der Waals surface area contributed by atoms with Crippen molar-refractivity contribution in [3.8, 4) is 0 Å². The van der Waals surface area contributed by atoms with E-state index in [1.54, 1.807) is 0 Å². The molecule has 140 valence electrons. The molecular weight excluding hydrogens is 328 g/mol. The average Bonchev–Trinajstić information content (AvgIpc) is 3.09. The van der Waals surface area contributed by atoms with Gasteiger partial charge in [-0.1, -0.05) is 26.3 Å². The lowest BCUT2D eigenvalue weighted by Gasteiger charge is -2.47. The summed E-state index contributed by atoms with van der Waals surface area (Å²) in [5.41, 5.74) is 0.0831. The van der Waals surface area contributed by atoms with Gasteiger partial charge in [-0.2, -0.15) is 0 Å². The molecule has 4 nitrogen and oxygen atoms in total.